The molecule has 108 valence electrons. The van der Waals surface area contributed by atoms with E-state index in [1.807, 2.05) is 20.8 Å². The summed E-state index contributed by atoms with van der Waals surface area (Å²) in [5, 5.41) is 3.18. The third-order valence-electron chi connectivity index (χ3n) is 3.81. The molecule has 0 aromatic rings. The zero-order chi connectivity index (χ0) is 14.3. The molecule has 2 saturated heterocycles. The van der Waals surface area contributed by atoms with E-state index in [2.05, 4.69) is 5.32 Å². The van der Waals surface area contributed by atoms with Gasteiger partial charge in [0.15, 0.2) is 0 Å². The molecule has 0 aromatic carbocycles. The van der Waals surface area contributed by atoms with Gasteiger partial charge in [-0.25, -0.2) is 4.79 Å². The van der Waals surface area contributed by atoms with Gasteiger partial charge in [0.2, 0.25) is 0 Å². The van der Waals surface area contributed by atoms with Crippen LogP contribution < -0.4 is 5.32 Å². The van der Waals surface area contributed by atoms with E-state index in [0.29, 0.717) is 26.1 Å². The first-order chi connectivity index (χ1) is 8.80. The summed E-state index contributed by atoms with van der Waals surface area (Å²) in [6.45, 7) is 7.21. The third-order valence-corrected chi connectivity index (χ3v) is 3.81. The molecule has 0 unspecified atom stereocenters. The molecule has 2 aliphatic heterocycles. The monoisotopic (exact) mass is 270 g/mol. The fourth-order valence-corrected chi connectivity index (χ4v) is 2.94. The summed E-state index contributed by atoms with van der Waals surface area (Å²) in [5.74, 6) is -0.242. The molecule has 1 amide bonds. The van der Waals surface area contributed by atoms with Crippen molar-refractivity contribution in [2.75, 3.05) is 26.7 Å². The van der Waals surface area contributed by atoms with Crippen molar-refractivity contribution in [3.05, 3.63) is 0 Å². The standard InChI is InChI=1S/C13H22N2O4/c1-12(2,3)19-11(17)15-6-5-13(10(16)18-4)8-14-7-9(13)15/h9,14H,5-8H2,1-4H3/t9-,13-/m0/s1. The van der Waals surface area contributed by atoms with Crippen LogP contribution in [0.1, 0.15) is 27.2 Å². The fourth-order valence-electron chi connectivity index (χ4n) is 2.94. The molecule has 1 N–H and O–H groups in total. The van der Waals surface area contributed by atoms with Crippen LogP contribution in [-0.2, 0) is 14.3 Å². The highest BCUT2D eigenvalue weighted by atomic mass is 16.6. The number of hydrogen-bond acceptors (Lipinski definition) is 5. The molecular formula is C13H22N2O4. The van der Waals surface area contributed by atoms with E-state index in [0.717, 1.165) is 0 Å². The van der Waals surface area contributed by atoms with Crippen LogP contribution in [0.15, 0.2) is 0 Å². The van der Waals surface area contributed by atoms with Gasteiger partial charge in [0.1, 0.15) is 11.0 Å². The van der Waals surface area contributed by atoms with Crippen LogP contribution in [0.25, 0.3) is 0 Å². The Labute approximate surface area is 113 Å². The number of ether oxygens (including phenoxy) is 2. The van der Waals surface area contributed by atoms with Crippen LogP contribution in [0.3, 0.4) is 0 Å². The Morgan fingerprint density at radius 1 is 1.37 bits per heavy atom. The molecule has 6 nitrogen and oxygen atoms in total. The Morgan fingerprint density at radius 3 is 2.63 bits per heavy atom. The van der Waals surface area contributed by atoms with Gasteiger partial charge in [0.25, 0.3) is 0 Å². The maximum Gasteiger partial charge on any atom is 0.410 e. The second kappa shape index (κ2) is 4.67. The number of carbonyl (C=O) groups excluding carboxylic acids is 2. The van der Waals surface area contributed by atoms with Crippen LogP contribution in [-0.4, -0.2) is 55.3 Å². The van der Waals surface area contributed by atoms with Gasteiger partial charge < -0.3 is 19.7 Å². The highest BCUT2D eigenvalue weighted by Gasteiger charge is 2.58. The van der Waals surface area contributed by atoms with E-state index in [-0.39, 0.29) is 18.1 Å². The first-order valence-corrected chi connectivity index (χ1v) is 6.59. The minimum absolute atomic E-state index is 0.171. The third kappa shape index (κ3) is 2.41. The number of nitrogens with zero attached hydrogens (tertiary/aromatic N) is 1. The largest absolute Gasteiger partial charge is 0.468 e. The molecule has 2 rings (SSSR count). The zero-order valence-corrected chi connectivity index (χ0v) is 12.0. The van der Waals surface area contributed by atoms with Crippen LogP contribution in [0.5, 0.6) is 0 Å². The summed E-state index contributed by atoms with van der Waals surface area (Å²) in [4.78, 5) is 25.9. The van der Waals surface area contributed by atoms with Gasteiger partial charge in [-0.05, 0) is 27.2 Å². The van der Waals surface area contributed by atoms with Crippen molar-refractivity contribution in [3.8, 4) is 0 Å². The van der Waals surface area contributed by atoms with Crippen LogP contribution >= 0.6 is 0 Å². The van der Waals surface area contributed by atoms with Gasteiger partial charge in [-0.15, -0.1) is 0 Å². The summed E-state index contributed by atoms with van der Waals surface area (Å²) in [7, 11) is 1.39. The first kappa shape index (κ1) is 14.1. The Morgan fingerprint density at radius 2 is 2.05 bits per heavy atom. The topological polar surface area (TPSA) is 67.9 Å². The van der Waals surface area contributed by atoms with Crippen molar-refractivity contribution in [1.82, 2.24) is 10.2 Å². The van der Waals surface area contributed by atoms with E-state index >= 15 is 0 Å². The first-order valence-electron chi connectivity index (χ1n) is 6.59. The van der Waals surface area contributed by atoms with Gasteiger partial charge in [0, 0.05) is 19.6 Å². The van der Waals surface area contributed by atoms with Crippen molar-refractivity contribution < 1.29 is 19.1 Å². The number of nitrogens with one attached hydrogen (secondary N) is 1. The van der Waals surface area contributed by atoms with Gasteiger partial charge in [-0.1, -0.05) is 0 Å². The highest BCUT2D eigenvalue weighted by molar-refractivity contribution is 5.81. The van der Waals surface area contributed by atoms with Crippen molar-refractivity contribution in [2.45, 2.75) is 38.8 Å². The molecule has 19 heavy (non-hydrogen) atoms. The highest BCUT2D eigenvalue weighted by Crippen LogP contribution is 2.41. The summed E-state index contributed by atoms with van der Waals surface area (Å²) in [6.07, 6.45) is 0.267. The van der Waals surface area contributed by atoms with E-state index < -0.39 is 11.0 Å². The lowest BCUT2D eigenvalue weighted by Gasteiger charge is -2.30. The SMILES string of the molecule is COC(=O)[C@]12CCN(C(=O)OC(C)(C)C)[C@H]1CNC2. The van der Waals surface area contributed by atoms with Crippen LogP contribution in [0.4, 0.5) is 4.79 Å². The quantitative estimate of drug-likeness (QED) is 0.712. The second-order valence-corrected chi connectivity index (χ2v) is 6.22. The Balaban J connectivity index is 2.15. The molecule has 0 spiro atoms. The van der Waals surface area contributed by atoms with Crippen molar-refractivity contribution in [3.63, 3.8) is 0 Å². The summed E-state index contributed by atoms with van der Waals surface area (Å²) >= 11 is 0. The minimum Gasteiger partial charge on any atom is -0.468 e. The van der Waals surface area contributed by atoms with Gasteiger partial charge >= 0.3 is 12.1 Å². The van der Waals surface area contributed by atoms with E-state index in [1.54, 1.807) is 4.90 Å². The maximum absolute atomic E-state index is 12.2. The van der Waals surface area contributed by atoms with Crippen LogP contribution in [0.2, 0.25) is 0 Å². The number of amides is 1. The number of fused-ring (bicyclic) bond motifs is 1. The molecular weight excluding hydrogens is 248 g/mol. The molecule has 0 saturated carbocycles. The summed E-state index contributed by atoms with van der Waals surface area (Å²) < 4.78 is 10.3. The van der Waals surface area contributed by atoms with E-state index in [1.165, 1.54) is 7.11 Å². The predicted octanol–water partition coefficient (Wildman–Crippen LogP) is 0.758. The fraction of sp³-hybridized carbons (Fsp3) is 0.846. The molecule has 0 bridgehead atoms. The zero-order valence-electron chi connectivity index (χ0n) is 12.0. The molecule has 2 heterocycles. The number of carbonyl (C=O) groups is 2. The number of likely N-dealkylation sites (tertiary alicyclic amines) is 1. The van der Waals surface area contributed by atoms with Crippen molar-refractivity contribution in [2.24, 2.45) is 5.41 Å². The smallest absolute Gasteiger partial charge is 0.410 e. The number of hydrogen-bond donors (Lipinski definition) is 1. The van der Waals surface area contributed by atoms with Crippen molar-refractivity contribution >= 4 is 12.1 Å². The van der Waals surface area contributed by atoms with E-state index in [9.17, 15) is 9.59 Å². The van der Waals surface area contributed by atoms with Gasteiger partial charge in [-0.3, -0.25) is 4.79 Å². The molecule has 6 heteroatoms. The number of esters is 1. The molecule has 0 aromatic heterocycles. The average Bonchev–Trinajstić information content (AvgIpc) is 2.83. The van der Waals surface area contributed by atoms with Crippen molar-refractivity contribution in [1.29, 1.82) is 0 Å². The Kier molecular flexibility index (Phi) is 3.47. The molecule has 2 aliphatic rings. The average molecular weight is 270 g/mol. The summed E-state index contributed by atoms with van der Waals surface area (Å²) in [6, 6.07) is -0.171. The molecule has 0 radical (unpaired) electrons. The molecule has 2 atom stereocenters. The minimum atomic E-state index is -0.606. The lowest BCUT2D eigenvalue weighted by Crippen LogP contribution is -2.47. The second-order valence-electron chi connectivity index (χ2n) is 6.22. The van der Waals surface area contributed by atoms with Gasteiger partial charge in [-0.2, -0.15) is 0 Å². The predicted molar refractivity (Wildman–Crippen MR) is 68.7 cm³/mol. The van der Waals surface area contributed by atoms with E-state index in [4.69, 9.17) is 9.47 Å². The Hall–Kier alpha value is -1.30. The lowest BCUT2D eigenvalue weighted by atomic mass is 9.83. The normalized spacial score (nSPS) is 30.1. The summed E-state index contributed by atoms with van der Waals surface area (Å²) in [5.41, 5.74) is -1.13. The Bertz CT molecular complexity index is 391. The lowest BCUT2D eigenvalue weighted by molar-refractivity contribution is -0.152. The number of rotatable bonds is 1. The maximum atomic E-state index is 12.2. The van der Waals surface area contributed by atoms with Gasteiger partial charge in [0.05, 0.1) is 13.2 Å². The number of methoxy groups -OCH3 is 1. The molecule has 0 aliphatic carbocycles. The molecule has 2 fully saturated rings. The van der Waals surface area contributed by atoms with Crippen LogP contribution in [0, 0.1) is 5.41 Å².